The van der Waals surface area contributed by atoms with Crippen molar-refractivity contribution in [1.29, 1.82) is 5.26 Å². The molecule has 1 aromatic rings. The van der Waals surface area contributed by atoms with E-state index in [1.807, 2.05) is 6.07 Å². The first-order valence-electron chi connectivity index (χ1n) is 5.93. The molecule has 0 aliphatic heterocycles. The van der Waals surface area contributed by atoms with Crippen LogP contribution in [0, 0.1) is 11.3 Å². The van der Waals surface area contributed by atoms with Crippen molar-refractivity contribution in [3.63, 3.8) is 0 Å². The summed E-state index contributed by atoms with van der Waals surface area (Å²) in [6, 6.07) is 7.74. The van der Waals surface area contributed by atoms with Gasteiger partial charge in [0.05, 0.1) is 11.6 Å². The molecule has 2 N–H and O–H groups in total. The molecule has 1 aromatic carbocycles. The lowest BCUT2D eigenvalue weighted by molar-refractivity contribution is -0.157. The second-order valence-corrected chi connectivity index (χ2v) is 5.09. The van der Waals surface area contributed by atoms with Crippen LogP contribution in [0.5, 0.6) is 5.75 Å². The van der Waals surface area contributed by atoms with Gasteiger partial charge in [0.2, 0.25) is 0 Å². The van der Waals surface area contributed by atoms with Crippen LogP contribution in [0.2, 0.25) is 0 Å². The molecule has 5 nitrogen and oxygen atoms in total. The Morgan fingerprint density at radius 1 is 1.37 bits per heavy atom. The average Bonchev–Trinajstić information content (AvgIpc) is 2.34. The van der Waals surface area contributed by atoms with Crippen molar-refractivity contribution in [2.24, 2.45) is 5.73 Å². The molecule has 19 heavy (non-hydrogen) atoms. The first-order valence-corrected chi connectivity index (χ1v) is 5.93. The molecule has 1 rings (SSSR count). The second kappa shape index (κ2) is 6.21. The van der Waals surface area contributed by atoms with Gasteiger partial charge in [0, 0.05) is 0 Å². The number of carbonyl (C=O) groups excluding carboxylic acids is 1. The zero-order chi connectivity index (χ0) is 14.5. The van der Waals surface area contributed by atoms with Gasteiger partial charge in [-0.05, 0) is 45.0 Å². The highest BCUT2D eigenvalue weighted by atomic mass is 16.6. The summed E-state index contributed by atoms with van der Waals surface area (Å²) < 4.78 is 10.5. The fraction of sp³-hybridized carbons (Fsp3) is 0.429. The van der Waals surface area contributed by atoms with E-state index in [1.165, 1.54) is 0 Å². The molecule has 0 bridgehead atoms. The van der Waals surface area contributed by atoms with Crippen molar-refractivity contribution in [3.8, 4) is 11.8 Å². The molecule has 0 aromatic heterocycles. The van der Waals surface area contributed by atoms with Crippen molar-refractivity contribution >= 4 is 5.97 Å². The first kappa shape index (κ1) is 15.0. The van der Waals surface area contributed by atoms with Gasteiger partial charge in [-0.1, -0.05) is 0 Å². The topological polar surface area (TPSA) is 85.3 Å². The summed E-state index contributed by atoms with van der Waals surface area (Å²) >= 11 is 0. The zero-order valence-electron chi connectivity index (χ0n) is 11.3. The molecule has 0 amide bonds. The smallest absolute Gasteiger partial charge is 0.326 e. The molecule has 0 fully saturated rings. The van der Waals surface area contributed by atoms with Crippen molar-refractivity contribution in [1.82, 2.24) is 0 Å². The highest BCUT2D eigenvalue weighted by Gasteiger charge is 2.22. The highest BCUT2D eigenvalue weighted by molar-refractivity contribution is 5.76. The third-order valence-corrected chi connectivity index (χ3v) is 2.12. The third-order valence-electron chi connectivity index (χ3n) is 2.12. The maximum atomic E-state index is 11.6. The molecule has 0 saturated carbocycles. The molecule has 1 atom stereocenters. The second-order valence-electron chi connectivity index (χ2n) is 5.09. The van der Waals surface area contributed by atoms with Crippen LogP contribution in [-0.2, 0) is 9.53 Å². The predicted molar refractivity (Wildman–Crippen MR) is 70.5 cm³/mol. The SMILES string of the molecule is CC(C)(C)OC(=O)[C@@H](N)COc1ccc(C#N)cc1. The van der Waals surface area contributed by atoms with Gasteiger partial charge in [-0.2, -0.15) is 5.26 Å². The normalized spacial score (nSPS) is 12.4. The molecule has 5 heteroatoms. The predicted octanol–water partition coefficient (Wildman–Crippen LogP) is 1.61. The van der Waals surface area contributed by atoms with Gasteiger partial charge >= 0.3 is 5.97 Å². The molecule has 0 heterocycles. The summed E-state index contributed by atoms with van der Waals surface area (Å²) in [7, 11) is 0. The number of carbonyl (C=O) groups is 1. The molecule has 0 aliphatic carbocycles. The van der Waals surface area contributed by atoms with Gasteiger partial charge in [-0.15, -0.1) is 0 Å². The molecule has 102 valence electrons. The van der Waals surface area contributed by atoms with Crippen LogP contribution < -0.4 is 10.5 Å². The molecule has 0 spiro atoms. The standard InChI is InChI=1S/C14H18N2O3/c1-14(2,3)19-13(17)12(16)9-18-11-6-4-10(8-15)5-7-11/h4-7,12H,9,16H2,1-3H3/t12-/m0/s1. The number of benzene rings is 1. The Kier molecular flexibility index (Phi) is 4.90. The third kappa shape index (κ3) is 5.40. The fourth-order valence-electron chi connectivity index (χ4n) is 1.26. The molecule has 0 unspecified atom stereocenters. The van der Waals surface area contributed by atoms with Gasteiger partial charge in [0.15, 0.2) is 0 Å². The van der Waals surface area contributed by atoms with E-state index in [4.69, 9.17) is 20.5 Å². The number of hydrogen-bond donors (Lipinski definition) is 1. The Morgan fingerprint density at radius 2 is 1.95 bits per heavy atom. The van der Waals surface area contributed by atoms with Crippen molar-refractivity contribution < 1.29 is 14.3 Å². The monoisotopic (exact) mass is 262 g/mol. The number of nitriles is 1. The number of ether oxygens (including phenoxy) is 2. The Morgan fingerprint density at radius 3 is 2.42 bits per heavy atom. The van der Waals surface area contributed by atoms with Gasteiger partial charge in [-0.3, -0.25) is 4.79 Å². The van der Waals surface area contributed by atoms with Gasteiger partial charge in [0.1, 0.15) is 24.0 Å². The summed E-state index contributed by atoms with van der Waals surface area (Å²) in [4.78, 5) is 11.6. The first-order chi connectivity index (χ1) is 8.81. The molecular formula is C14H18N2O3. The summed E-state index contributed by atoms with van der Waals surface area (Å²) in [5.74, 6) is 0.0548. The summed E-state index contributed by atoms with van der Waals surface area (Å²) in [5, 5.41) is 8.66. The van der Waals surface area contributed by atoms with E-state index in [9.17, 15) is 4.79 Å². The number of esters is 1. The summed E-state index contributed by atoms with van der Waals surface area (Å²) in [6.07, 6.45) is 0. The Hall–Kier alpha value is -2.06. The average molecular weight is 262 g/mol. The molecule has 0 saturated heterocycles. The van der Waals surface area contributed by atoms with Crippen molar-refractivity contribution in [2.45, 2.75) is 32.4 Å². The van der Waals surface area contributed by atoms with Crippen molar-refractivity contribution in [2.75, 3.05) is 6.61 Å². The molecule has 0 radical (unpaired) electrons. The van der Waals surface area contributed by atoms with E-state index >= 15 is 0 Å². The quantitative estimate of drug-likeness (QED) is 0.833. The number of nitrogens with two attached hydrogens (primary N) is 1. The molecule has 0 aliphatic rings. The summed E-state index contributed by atoms with van der Waals surface area (Å²) in [6.45, 7) is 5.36. The van der Waals surface area contributed by atoms with Crippen LogP contribution in [0.1, 0.15) is 26.3 Å². The summed E-state index contributed by atoms with van der Waals surface area (Å²) in [5.41, 5.74) is 5.66. The zero-order valence-corrected chi connectivity index (χ0v) is 11.3. The van der Waals surface area contributed by atoms with Gasteiger partial charge < -0.3 is 15.2 Å². The number of hydrogen-bond acceptors (Lipinski definition) is 5. The fourth-order valence-corrected chi connectivity index (χ4v) is 1.26. The van der Waals surface area contributed by atoms with Crippen LogP contribution in [0.4, 0.5) is 0 Å². The Balaban J connectivity index is 2.47. The number of rotatable bonds is 4. The minimum atomic E-state index is -0.838. The Labute approximate surface area is 112 Å². The molecular weight excluding hydrogens is 244 g/mol. The maximum Gasteiger partial charge on any atom is 0.326 e. The van der Waals surface area contributed by atoms with Crippen LogP contribution in [0.3, 0.4) is 0 Å². The van der Waals surface area contributed by atoms with E-state index in [2.05, 4.69) is 0 Å². The van der Waals surface area contributed by atoms with E-state index in [0.29, 0.717) is 11.3 Å². The minimum Gasteiger partial charge on any atom is -0.491 e. The van der Waals surface area contributed by atoms with E-state index < -0.39 is 17.6 Å². The van der Waals surface area contributed by atoms with E-state index in [0.717, 1.165) is 0 Å². The lowest BCUT2D eigenvalue weighted by Gasteiger charge is -2.22. The number of nitrogens with zero attached hydrogens (tertiary/aromatic N) is 1. The van der Waals surface area contributed by atoms with Crippen LogP contribution in [0.15, 0.2) is 24.3 Å². The largest absolute Gasteiger partial charge is 0.491 e. The van der Waals surface area contributed by atoms with Crippen LogP contribution in [0.25, 0.3) is 0 Å². The van der Waals surface area contributed by atoms with E-state index in [-0.39, 0.29) is 6.61 Å². The maximum absolute atomic E-state index is 11.6. The van der Waals surface area contributed by atoms with E-state index in [1.54, 1.807) is 45.0 Å². The van der Waals surface area contributed by atoms with Crippen LogP contribution in [-0.4, -0.2) is 24.2 Å². The lowest BCUT2D eigenvalue weighted by atomic mass is 10.2. The van der Waals surface area contributed by atoms with Gasteiger partial charge in [0.25, 0.3) is 0 Å². The minimum absolute atomic E-state index is 0.0286. The van der Waals surface area contributed by atoms with Gasteiger partial charge in [-0.25, -0.2) is 0 Å². The Bertz CT molecular complexity index is 469. The van der Waals surface area contributed by atoms with Crippen LogP contribution >= 0.6 is 0 Å². The lowest BCUT2D eigenvalue weighted by Crippen LogP contribution is -2.41. The highest BCUT2D eigenvalue weighted by Crippen LogP contribution is 2.12. The van der Waals surface area contributed by atoms with Crippen molar-refractivity contribution in [3.05, 3.63) is 29.8 Å².